The first-order valence-corrected chi connectivity index (χ1v) is 10.3. The highest BCUT2D eigenvalue weighted by Gasteiger charge is 2.27. The number of carbonyl (C=O) groups excluding carboxylic acids is 1. The Morgan fingerprint density at radius 1 is 1.33 bits per heavy atom. The fourth-order valence-corrected chi connectivity index (χ4v) is 4.67. The van der Waals surface area contributed by atoms with E-state index in [0.717, 1.165) is 6.26 Å². The number of aromatic amines is 1. The zero-order valence-corrected chi connectivity index (χ0v) is 16.2. The van der Waals surface area contributed by atoms with E-state index in [1.165, 1.54) is 6.08 Å². The lowest BCUT2D eigenvalue weighted by Gasteiger charge is -2.04. The Bertz CT molecular complexity index is 1100. The van der Waals surface area contributed by atoms with Crippen molar-refractivity contribution in [3.63, 3.8) is 0 Å². The molecule has 0 fully saturated rings. The second kappa shape index (κ2) is 6.86. The van der Waals surface area contributed by atoms with Gasteiger partial charge in [-0.3, -0.25) is 9.59 Å². The molecule has 0 saturated heterocycles. The van der Waals surface area contributed by atoms with Crippen LogP contribution >= 0.6 is 11.6 Å². The van der Waals surface area contributed by atoms with Crippen LogP contribution in [0.15, 0.2) is 23.1 Å². The first-order chi connectivity index (χ1) is 12.6. The van der Waals surface area contributed by atoms with Crippen LogP contribution in [0.1, 0.15) is 28.9 Å². The molecule has 0 spiro atoms. The summed E-state index contributed by atoms with van der Waals surface area (Å²) < 4.78 is 24.4. The van der Waals surface area contributed by atoms with Crippen LogP contribution in [-0.2, 0) is 25.8 Å². The molecule has 1 aliphatic rings. The lowest BCUT2D eigenvalue weighted by atomic mass is 10.0. The molecule has 0 radical (unpaired) electrons. The molecule has 27 heavy (non-hydrogen) atoms. The van der Waals surface area contributed by atoms with Crippen molar-refractivity contribution >= 4 is 50.7 Å². The van der Waals surface area contributed by atoms with Crippen LogP contribution in [0, 0.1) is 6.92 Å². The molecule has 9 heteroatoms. The van der Waals surface area contributed by atoms with Gasteiger partial charge in [0, 0.05) is 40.3 Å². The van der Waals surface area contributed by atoms with E-state index in [1.54, 1.807) is 25.1 Å². The molecule has 3 N–H and O–H groups in total. The number of halogens is 1. The maximum absolute atomic E-state index is 12.4. The summed E-state index contributed by atoms with van der Waals surface area (Å²) in [5.74, 6) is -1.38. The molecule has 0 aliphatic carbocycles. The summed E-state index contributed by atoms with van der Waals surface area (Å²) in [6.45, 7) is 1.60. The molecule has 1 aromatic heterocycles. The molecule has 0 atom stereocenters. The van der Waals surface area contributed by atoms with Gasteiger partial charge in [-0.25, -0.2) is 8.42 Å². The van der Waals surface area contributed by atoms with Crippen LogP contribution in [-0.4, -0.2) is 36.6 Å². The third kappa shape index (κ3) is 3.77. The number of carboxylic acid groups (broad SMARTS) is 1. The summed E-state index contributed by atoms with van der Waals surface area (Å²) in [4.78, 5) is 26.4. The van der Waals surface area contributed by atoms with Crippen molar-refractivity contribution in [1.82, 2.24) is 4.98 Å². The third-order valence-electron chi connectivity index (χ3n) is 4.27. The second-order valence-corrected chi connectivity index (χ2v) is 8.73. The van der Waals surface area contributed by atoms with E-state index in [0.29, 0.717) is 38.8 Å². The Morgan fingerprint density at radius 2 is 2.04 bits per heavy atom. The van der Waals surface area contributed by atoms with Gasteiger partial charge in [0.1, 0.15) is 0 Å². The minimum atomic E-state index is -3.58. The van der Waals surface area contributed by atoms with Crippen molar-refractivity contribution in [2.75, 3.05) is 11.6 Å². The van der Waals surface area contributed by atoms with Crippen molar-refractivity contribution < 1.29 is 23.1 Å². The SMILES string of the molecule is Cc1[nH]c(C=C2C(=O)Nc3ccc(Cl)cc32)c(CCC(=O)O)c1S(C)(=O)=O. The average molecular weight is 409 g/mol. The molecule has 7 nitrogen and oxygen atoms in total. The zero-order valence-electron chi connectivity index (χ0n) is 14.6. The van der Waals surface area contributed by atoms with Crippen molar-refractivity contribution in [2.24, 2.45) is 0 Å². The van der Waals surface area contributed by atoms with E-state index >= 15 is 0 Å². The summed E-state index contributed by atoms with van der Waals surface area (Å²) in [5, 5.41) is 12.2. The molecular weight excluding hydrogens is 392 g/mol. The fraction of sp³-hybridized carbons (Fsp3) is 0.222. The van der Waals surface area contributed by atoms with Gasteiger partial charge in [0.2, 0.25) is 0 Å². The van der Waals surface area contributed by atoms with Crippen LogP contribution in [0.25, 0.3) is 11.6 Å². The highest BCUT2D eigenvalue weighted by molar-refractivity contribution is 7.90. The number of carbonyl (C=O) groups is 2. The number of hydrogen-bond acceptors (Lipinski definition) is 4. The second-order valence-electron chi connectivity index (χ2n) is 6.34. The summed E-state index contributed by atoms with van der Waals surface area (Å²) in [6, 6.07) is 4.98. The molecule has 2 heterocycles. The predicted molar refractivity (Wildman–Crippen MR) is 103 cm³/mol. The van der Waals surface area contributed by atoms with Crippen LogP contribution in [0.4, 0.5) is 5.69 Å². The molecule has 0 saturated carbocycles. The highest BCUT2D eigenvalue weighted by Crippen LogP contribution is 2.36. The van der Waals surface area contributed by atoms with Crippen LogP contribution in [0.5, 0.6) is 0 Å². The number of anilines is 1. The van der Waals surface area contributed by atoms with Crippen LogP contribution < -0.4 is 5.32 Å². The number of aromatic nitrogens is 1. The first-order valence-electron chi connectivity index (χ1n) is 8.04. The van der Waals surface area contributed by atoms with Gasteiger partial charge in [0.15, 0.2) is 9.84 Å². The molecule has 0 unspecified atom stereocenters. The Labute approximate surface area is 161 Å². The van der Waals surface area contributed by atoms with E-state index in [9.17, 15) is 18.0 Å². The highest BCUT2D eigenvalue weighted by atomic mass is 35.5. The number of amides is 1. The lowest BCUT2D eigenvalue weighted by Crippen LogP contribution is -2.06. The topological polar surface area (TPSA) is 116 Å². The van der Waals surface area contributed by atoms with Crippen molar-refractivity contribution in [3.05, 3.63) is 45.7 Å². The van der Waals surface area contributed by atoms with Crippen molar-refractivity contribution in [3.8, 4) is 0 Å². The number of benzene rings is 1. The Hall–Kier alpha value is -2.58. The minimum absolute atomic E-state index is 0.0191. The number of aryl methyl sites for hydroxylation is 1. The monoisotopic (exact) mass is 408 g/mol. The number of H-pyrrole nitrogens is 1. The molecule has 142 valence electrons. The maximum Gasteiger partial charge on any atom is 0.303 e. The van der Waals surface area contributed by atoms with Crippen LogP contribution in [0.3, 0.4) is 0 Å². The normalized spacial score (nSPS) is 15.1. The maximum atomic E-state index is 12.4. The molecule has 1 aromatic carbocycles. The number of hydrogen-bond donors (Lipinski definition) is 3. The van der Waals surface area contributed by atoms with E-state index in [1.807, 2.05) is 0 Å². The quantitative estimate of drug-likeness (QED) is 0.658. The molecule has 2 aromatic rings. The largest absolute Gasteiger partial charge is 0.481 e. The van der Waals surface area contributed by atoms with Gasteiger partial charge < -0.3 is 15.4 Å². The van der Waals surface area contributed by atoms with E-state index < -0.39 is 15.8 Å². The van der Waals surface area contributed by atoms with Crippen molar-refractivity contribution in [1.29, 1.82) is 0 Å². The molecule has 0 bridgehead atoms. The lowest BCUT2D eigenvalue weighted by molar-refractivity contribution is -0.137. The van der Waals surface area contributed by atoms with Crippen molar-refractivity contribution in [2.45, 2.75) is 24.7 Å². The Balaban J connectivity index is 2.18. The zero-order chi connectivity index (χ0) is 19.9. The third-order valence-corrected chi connectivity index (χ3v) is 5.80. The summed E-state index contributed by atoms with van der Waals surface area (Å²) in [5.41, 5.74) is 2.68. The van der Waals surface area contributed by atoms with E-state index in [4.69, 9.17) is 16.7 Å². The molecule has 1 aliphatic heterocycles. The average Bonchev–Trinajstić information content (AvgIpc) is 3.02. The number of aliphatic carboxylic acids is 1. The molecule has 1 amide bonds. The fourth-order valence-electron chi connectivity index (χ4n) is 3.24. The number of sulfone groups is 1. The van der Waals surface area contributed by atoms with Gasteiger partial charge in [0.05, 0.1) is 10.5 Å². The Morgan fingerprint density at radius 3 is 2.67 bits per heavy atom. The Kier molecular flexibility index (Phi) is 4.88. The van der Waals surface area contributed by atoms with E-state index in [-0.39, 0.29) is 23.6 Å². The number of nitrogens with one attached hydrogen (secondary N) is 2. The summed E-state index contributed by atoms with van der Waals surface area (Å²) in [7, 11) is -3.58. The van der Waals surface area contributed by atoms with Gasteiger partial charge in [-0.2, -0.15) is 0 Å². The van der Waals surface area contributed by atoms with Gasteiger partial charge in [-0.15, -0.1) is 0 Å². The van der Waals surface area contributed by atoms with Gasteiger partial charge in [-0.1, -0.05) is 11.6 Å². The van der Waals surface area contributed by atoms with E-state index in [2.05, 4.69) is 10.3 Å². The van der Waals surface area contributed by atoms with Gasteiger partial charge in [-0.05, 0) is 43.2 Å². The number of carboxylic acids is 1. The van der Waals surface area contributed by atoms with Crippen LogP contribution in [0.2, 0.25) is 5.02 Å². The number of rotatable bonds is 5. The first kappa shape index (κ1) is 19.2. The molecule has 3 rings (SSSR count). The predicted octanol–water partition coefficient (Wildman–Crippen LogP) is 2.89. The molecular formula is C18H17ClN2O5S. The smallest absolute Gasteiger partial charge is 0.303 e. The summed E-state index contributed by atoms with van der Waals surface area (Å²) in [6.07, 6.45) is 2.40. The minimum Gasteiger partial charge on any atom is -0.481 e. The standard InChI is InChI=1S/C18H17ClN2O5S/c1-9-17(27(2,25)26)11(4-6-16(22)23)15(20-9)8-13-12-7-10(19)3-5-14(12)21-18(13)24/h3,5,7-8,20H,4,6H2,1-2H3,(H,21,24)(H,22,23). The number of fused-ring (bicyclic) bond motifs is 1. The van der Waals surface area contributed by atoms with Gasteiger partial charge in [0.25, 0.3) is 5.91 Å². The van der Waals surface area contributed by atoms with Gasteiger partial charge >= 0.3 is 5.97 Å². The summed E-state index contributed by atoms with van der Waals surface area (Å²) >= 11 is 6.03.